The molecule has 1 aliphatic heterocycles. The molecule has 0 bridgehead atoms. The summed E-state index contributed by atoms with van der Waals surface area (Å²) in [6.07, 6.45) is 4.74. The average molecular weight is 150 g/mol. The molecule has 2 rings (SSSR count). The highest BCUT2D eigenvalue weighted by molar-refractivity contribution is 5.98. The van der Waals surface area contributed by atoms with Crippen LogP contribution in [0.4, 0.5) is 5.69 Å². The maximum absolute atomic E-state index is 11.1. The summed E-state index contributed by atoms with van der Waals surface area (Å²) in [5, 5.41) is 11.7. The fourth-order valence-electron chi connectivity index (χ4n) is 0.890. The molecule has 1 aromatic rings. The number of aromatic nitrogens is 2. The van der Waals surface area contributed by atoms with E-state index in [4.69, 9.17) is 0 Å². The van der Waals surface area contributed by atoms with E-state index in [-0.39, 0.29) is 5.91 Å². The van der Waals surface area contributed by atoms with Crippen molar-refractivity contribution in [3.05, 3.63) is 24.3 Å². The fraction of sp³-hybridized carbons (Fsp3) is 0. The Bertz CT molecular complexity index is 314. The molecule has 0 unspecified atom stereocenters. The Kier molecular flexibility index (Phi) is 1.15. The van der Waals surface area contributed by atoms with Crippen LogP contribution in [0.5, 0.6) is 0 Å². The Morgan fingerprint density at radius 2 is 2.09 bits per heavy atom. The number of anilines is 1. The highest BCUT2D eigenvalue weighted by atomic mass is 16.1. The van der Waals surface area contributed by atoms with Crippen molar-refractivity contribution in [1.29, 1.82) is 0 Å². The molecule has 0 saturated carbocycles. The second-order valence-electron chi connectivity index (χ2n) is 2.11. The van der Waals surface area contributed by atoms with E-state index >= 15 is 0 Å². The molecule has 2 heterocycles. The molecular weight excluding hydrogens is 144 g/mol. The monoisotopic (exact) mass is 150 g/mol. The molecule has 1 amide bonds. The maximum Gasteiger partial charge on any atom is 0.275 e. The maximum atomic E-state index is 11.1. The van der Waals surface area contributed by atoms with E-state index in [9.17, 15) is 4.79 Å². The Labute approximate surface area is 62.5 Å². The number of nitrogens with one attached hydrogen (secondary N) is 3. The van der Waals surface area contributed by atoms with Crippen LogP contribution in [0.25, 0.3) is 0 Å². The highest BCUT2D eigenvalue weighted by Gasteiger charge is 2.13. The van der Waals surface area contributed by atoms with E-state index < -0.39 is 0 Å². The number of hydrogen-bond donors (Lipinski definition) is 3. The van der Waals surface area contributed by atoms with Crippen molar-refractivity contribution >= 4 is 11.6 Å². The number of fused-ring (bicyclic) bond motifs is 1. The van der Waals surface area contributed by atoms with Gasteiger partial charge in [0, 0.05) is 12.4 Å². The summed E-state index contributed by atoms with van der Waals surface area (Å²) in [5.41, 5.74) is 1.14. The zero-order chi connectivity index (χ0) is 7.68. The Morgan fingerprint density at radius 3 is 3.00 bits per heavy atom. The number of rotatable bonds is 0. The number of amides is 1. The first-order valence-electron chi connectivity index (χ1n) is 3.14. The van der Waals surface area contributed by atoms with Crippen molar-refractivity contribution in [2.45, 2.75) is 0 Å². The molecule has 0 fully saturated rings. The molecule has 0 aliphatic carbocycles. The lowest BCUT2D eigenvalue weighted by molar-refractivity contribution is 0.0966. The average Bonchev–Trinajstić information content (AvgIpc) is 2.40. The van der Waals surface area contributed by atoms with Crippen LogP contribution in [0, 0.1) is 0 Å². The summed E-state index contributed by atoms with van der Waals surface area (Å²) in [6, 6.07) is 0. The summed E-state index contributed by atoms with van der Waals surface area (Å²) in [7, 11) is 0. The molecule has 5 heteroatoms. The number of carbonyl (C=O) groups is 1. The molecule has 0 atom stereocenters. The molecule has 1 aliphatic rings. The Morgan fingerprint density at radius 1 is 1.27 bits per heavy atom. The number of nitrogens with zero attached hydrogens (tertiary/aromatic N) is 1. The lowest BCUT2D eigenvalue weighted by atomic mass is 10.3. The smallest absolute Gasteiger partial charge is 0.275 e. The Balaban J connectivity index is 2.49. The van der Waals surface area contributed by atoms with Gasteiger partial charge in [0.05, 0.1) is 11.9 Å². The van der Waals surface area contributed by atoms with Crippen LogP contribution in [-0.2, 0) is 0 Å². The summed E-state index contributed by atoms with van der Waals surface area (Å²) in [4.78, 5) is 11.1. The summed E-state index contributed by atoms with van der Waals surface area (Å²) < 4.78 is 0. The van der Waals surface area contributed by atoms with Gasteiger partial charge < -0.3 is 10.6 Å². The largest absolute Gasteiger partial charge is 0.357 e. The van der Waals surface area contributed by atoms with E-state index in [1.807, 2.05) is 0 Å². The molecule has 3 N–H and O–H groups in total. The first-order chi connectivity index (χ1) is 5.38. The van der Waals surface area contributed by atoms with Gasteiger partial charge in [0.15, 0.2) is 0 Å². The van der Waals surface area contributed by atoms with E-state index in [1.165, 1.54) is 6.20 Å². The van der Waals surface area contributed by atoms with Crippen LogP contribution in [-0.4, -0.2) is 16.1 Å². The van der Waals surface area contributed by atoms with Gasteiger partial charge in [0.1, 0.15) is 5.69 Å². The molecule has 56 valence electrons. The van der Waals surface area contributed by atoms with Gasteiger partial charge in [-0.25, -0.2) is 0 Å². The molecular formula is C6H6N4O. The van der Waals surface area contributed by atoms with Crippen LogP contribution in [0.2, 0.25) is 0 Å². The van der Waals surface area contributed by atoms with Crippen molar-refractivity contribution < 1.29 is 4.79 Å². The Hall–Kier alpha value is -1.78. The standard InChI is InChI=1S/C6H6N4O/c11-6-5-4(3-9-10-5)7-1-2-8-6/h1-3,7H,(H,8,11)(H,9,10). The SMILES string of the molecule is O=C1NC=CNc2cn[nH]c21. The van der Waals surface area contributed by atoms with Gasteiger partial charge in [-0.15, -0.1) is 0 Å². The van der Waals surface area contributed by atoms with Crippen molar-refractivity contribution in [3.8, 4) is 0 Å². The van der Waals surface area contributed by atoms with Gasteiger partial charge in [-0.05, 0) is 0 Å². The molecule has 0 radical (unpaired) electrons. The zero-order valence-electron chi connectivity index (χ0n) is 5.59. The predicted octanol–water partition coefficient (Wildman–Crippen LogP) is 0.0362. The lowest BCUT2D eigenvalue weighted by Crippen LogP contribution is -2.16. The highest BCUT2D eigenvalue weighted by Crippen LogP contribution is 2.12. The van der Waals surface area contributed by atoms with Crippen LogP contribution in [0.3, 0.4) is 0 Å². The number of H-pyrrole nitrogens is 1. The van der Waals surface area contributed by atoms with Gasteiger partial charge in [-0.3, -0.25) is 9.89 Å². The van der Waals surface area contributed by atoms with Crippen molar-refractivity contribution in [1.82, 2.24) is 15.5 Å². The third-order valence-electron chi connectivity index (χ3n) is 1.40. The molecule has 0 saturated heterocycles. The quantitative estimate of drug-likeness (QED) is 0.489. The molecule has 0 spiro atoms. The van der Waals surface area contributed by atoms with E-state index in [1.54, 1.807) is 12.4 Å². The first kappa shape index (κ1) is 5.96. The zero-order valence-corrected chi connectivity index (χ0v) is 5.59. The minimum atomic E-state index is -0.182. The van der Waals surface area contributed by atoms with Crippen LogP contribution >= 0.6 is 0 Å². The fourth-order valence-corrected chi connectivity index (χ4v) is 0.890. The number of aromatic amines is 1. The van der Waals surface area contributed by atoms with Crippen LogP contribution < -0.4 is 10.6 Å². The predicted molar refractivity (Wildman–Crippen MR) is 38.8 cm³/mol. The summed E-state index contributed by atoms with van der Waals surface area (Å²) in [5.74, 6) is -0.182. The van der Waals surface area contributed by atoms with Gasteiger partial charge in [-0.2, -0.15) is 5.10 Å². The second-order valence-corrected chi connectivity index (χ2v) is 2.11. The number of hydrogen-bond acceptors (Lipinski definition) is 3. The van der Waals surface area contributed by atoms with Crippen LogP contribution in [0.15, 0.2) is 18.6 Å². The lowest BCUT2D eigenvalue weighted by Gasteiger charge is -1.94. The summed E-state index contributed by atoms with van der Waals surface area (Å²) in [6.45, 7) is 0. The topological polar surface area (TPSA) is 69.8 Å². The second kappa shape index (κ2) is 2.12. The van der Waals surface area contributed by atoms with Gasteiger partial charge in [-0.1, -0.05) is 0 Å². The van der Waals surface area contributed by atoms with E-state index in [0.29, 0.717) is 11.4 Å². The minimum absolute atomic E-state index is 0.182. The summed E-state index contributed by atoms with van der Waals surface area (Å²) >= 11 is 0. The minimum Gasteiger partial charge on any atom is -0.357 e. The van der Waals surface area contributed by atoms with Gasteiger partial charge in [0.25, 0.3) is 5.91 Å². The van der Waals surface area contributed by atoms with Crippen molar-refractivity contribution in [2.75, 3.05) is 5.32 Å². The van der Waals surface area contributed by atoms with E-state index in [2.05, 4.69) is 20.8 Å². The normalized spacial score (nSPS) is 14.7. The number of carbonyl (C=O) groups excluding carboxylic acids is 1. The molecule has 5 nitrogen and oxygen atoms in total. The third-order valence-corrected chi connectivity index (χ3v) is 1.40. The van der Waals surface area contributed by atoms with Crippen molar-refractivity contribution in [3.63, 3.8) is 0 Å². The molecule has 0 aromatic carbocycles. The third kappa shape index (κ3) is 0.861. The van der Waals surface area contributed by atoms with Gasteiger partial charge in [0.2, 0.25) is 0 Å². The molecule has 11 heavy (non-hydrogen) atoms. The van der Waals surface area contributed by atoms with E-state index in [0.717, 1.165) is 0 Å². The van der Waals surface area contributed by atoms with Crippen molar-refractivity contribution in [2.24, 2.45) is 0 Å². The van der Waals surface area contributed by atoms with Crippen LogP contribution in [0.1, 0.15) is 10.5 Å². The van der Waals surface area contributed by atoms with Gasteiger partial charge >= 0.3 is 0 Å². The first-order valence-corrected chi connectivity index (χ1v) is 3.14. The molecule has 1 aromatic heterocycles.